The van der Waals surface area contributed by atoms with Gasteiger partial charge in [-0.05, 0) is 37.6 Å². The number of aliphatic imine (C=N–C) groups is 1. The molecule has 0 saturated carbocycles. The zero-order valence-electron chi connectivity index (χ0n) is 36.2. The number of aliphatic carboxylic acids is 1. The number of hydrogen-bond acceptors (Lipinski definition) is 14. The molecule has 0 spiro atoms. The van der Waals surface area contributed by atoms with E-state index < -0.39 is 136 Å². The number of carbonyl (C=O) groups is 8. The van der Waals surface area contributed by atoms with Crippen LogP contribution in [0, 0.1) is 11.8 Å². The molecule has 0 rings (SSSR count). The summed E-state index contributed by atoms with van der Waals surface area (Å²) in [6.45, 7) is 11.0. The monoisotopic (exact) mass is 891 g/mol. The van der Waals surface area contributed by atoms with Crippen LogP contribution in [0.4, 0.5) is 0 Å². The molecule has 25 heteroatoms. The van der Waals surface area contributed by atoms with E-state index in [2.05, 4.69) is 36.9 Å². The van der Waals surface area contributed by atoms with Gasteiger partial charge in [-0.3, -0.25) is 38.6 Å². The number of guanidine groups is 1. The molecule has 0 aromatic heterocycles. The van der Waals surface area contributed by atoms with Crippen LogP contribution in [-0.4, -0.2) is 168 Å². The van der Waals surface area contributed by atoms with E-state index in [1.54, 1.807) is 27.7 Å². The number of nitrogens with zero attached hydrogens (tertiary/aromatic N) is 1. The molecule has 61 heavy (non-hydrogen) atoms. The summed E-state index contributed by atoms with van der Waals surface area (Å²) in [6, 6.07) is -10.0. The van der Waals surface area contributed by atoms with E-state index >= 15 is 0 Å². The minimum Gasteiger partial charge on any atom is -0.480 e. The Morgan fingerprint density at radius 2 is 1.18 bits per heavy atom. The zero-order chi connectivity index (χ0) is 47.4. The summed E-state index contributed by atoms with van der Waals surface area (Å²) >= 11 is 0. The molecule has 0 fully saturated rings. The molecular formula is C36H69N11O13Si. The molecule has 24 nitrogen and oxygen atoms in total. The highest BCUT2D eigenvalue weighted by Gasteiger charge is 2.37. The maximum atomic E-state index is 14.0. The lowest BCUT2D eigenvalue weighted by Gasteiger charge is -2.31. The third kappa shape index (κ3) is 20.9. The van der Waals surface area contributed by atoms with E-state index in [-0.39, 0.29) is 37.3 Å². The molecule has 0 aliphatic rings. The Morgan fingerprint density at radius 1 is 0.672 bits per heavy atom. The van der Waals surface area contributed by atoms with Crippen molar-refractivity contribution in [3.63, 3.8) is 0 Å². The number of carboxylic acids is 1. The maximum absolute atomic E-state index is 14.0. The second kappa shape index (κ2) is 27.1. The van der Waals surface area contributed by atoms with Gasteiger partial charge in [-0.2, -0.15) is 0 Å². The van der Waals surface area contributed by atoms with Gasteiger partial charge in [0.2, 0.25) is 41.4 Å². The topological polar surface area (TPSA) is 412 Å². The SMILES string of the molecule is CC[C@H](C)[C@H](NC(=O)[C@@H](CCCN=C(N)N)NC(=O)[C@H](C[Si](C)(C)C)NC(=O)[C@@H](N)[C@H](O)C(C)C)C(=O)N[C@H](C(=O)NCC(=O)N[C@@H](CO)C(=O)N[C@@H](CO)C(=O)O)[C@H](C)O. The van der Waals surface area contributed by atoms with Gasteiger partial charge in [0, 0.05) is 14.6 Å². The Kier molecular flexibility index (Phi) is 24.9. The standard InChI is InChI=1S/C36H69N11O13Si/c1-9-18(4)26(34(58)47-27(19(5)50)33(57)41-13-24(51)42-21(14-48)30(54)44-22(15-49)35(59)60)46-29(53)20(11-10-12-40-36(38)39)43-31(55)23(16-61(6,7)8)45-32(56)25(37)28(52)17(2)3/h17-23,25-28,48-50,52H,9-16,37H2,1-8H3,(H,41,57)(H,42,51)(H,43,55)(H,44,54)(H,45,56)(H,46,53)(H,47,58)(H,59,60)(H4,38,39,40)/t18-,19-,20+,21-,22-,23-,25-,26-,27-,28+/m0/s1. The minimum atomic E-state index is -2.09. The molecular weight excluding hydrogens is 823 g/mol. The molecule has 0 aliphatic carbocycles. The summed E-state index contributed by atoms with van der Waals surface area (Å²) in [6.07, 6.45) is -2.29. The first kappa shape index (κ1) is 56.0. The first-order valence-corrected chi connectivity index (χ1v) is 23.6. The van der Waals surface area contributed by atoms with Crippen molar-refractivity contribution in [2.24, 2.45) is 34.0 Å². The normalized spacial score (nSPS) is 16.4. The average molecular weight is 892 g/mol. The molecule has 0 aromatic rings. The third-order valence-electron chi connectivity index (χ3n) is 9.29. The van der Waals surface area contributed by atoms with Crippen molar-refractivity contribution in [3.8, 4) is 0 Å². The number of aliphatic hydroxyl groups is 4. The van der Waals surface area contributed by atoms with Crippen LogP contribution in [0.15, 0.2) is 4.99 Å². The predicted octanol–water partition coefficient (Wildman–Crippen LogP) is -5.76. The fourth-order valence-corrected chi connectivity index (χ4v) is 6.99. The van der Waals surface area contributed by atoms with E-state index in [9.17, 15) is 53.7 Å². The predicted molar refractivity (Wildman–Crippen MR) is 224 cm³/mol. The Balaban J connectivity index is 6.26. The van der Waals surface area contributed by atoms with Crippen LogP contribution in [0.2, 0.25) is 25.7 Å². The Labute approximate surface area is 356 Å². The lowest BCUT2D eigenvalue weighted by atomic mass is 9.96. The largest absolute Gasteiger partial charge is 0.480 e. The second-order valence-electron chi connectivity index (χ2n) is 16.3. The number of nitrogens with two attached hydrogens (primary N) is 3. The van der Waals surface area contributed by atoms with E-state index in [1.165, 1.54) is 6.92 Å². The number of amides is 7. The molecule has 10 atom stereocenters. The lowest BCUT2D eigenvalue weighted by Crippen LogP contribution is -2.62. The van der Waals surface area contributed by atoms with Crippen molar-refractivity contribution in [3.05, 3.63) is 0 Å². The number of aliphatic hydroxyl groups excluding tert-OH is 4. The molecule has 0 bridgehead atoms. The number of carbonyl (C=O) groups excluding carboxylic acids is 7. The molecule has 7 amide bonds. The molecule has 0 heterocycles. The Bertz CT molecular complexity index is 1530. The molecule has 0 radical (unpaired) electrons. The summed E-state index contributed by atoms with van der Waals surface area (Å²) in [7, 11) is -2.09. The van der Waals surface area contributed by atoms with Gasteiger partial charge < -0.3 is 80.0 Å². The van der Waals surface area contributed by atoms with Crippen molar-refractivity contribution >= 4 is 61.4 Å². The minimum absolute atomic E-state index is 0.0382. The second-order valence-corrected chi connectivity index (χ2v) is 21.8. The first-order chi connectivity index (χ1) is 28.2. The summed E-state index contributed by atoms with van der Waals surface area (Å²) < 4.78 is 0. The highest BCUT2D eigenvalue weighted by molar-refractivity contribution is 6.76. The summed E-state index contributed by atoms with van der Waals surface area (Å²) in [5.41, 5.74) is 16.9. The van der Waals surface area contributed by atoms with E-state index in [1.807, 2.05) is 25.0 Å². The molecule has 18 N–H and O–H groups in total. The molecule has 0 unspecified atom stereocenters. The van der Waals surface area contributed by atoms with E-state index in [0.29, 0.717) is 6.42 Å². The van der Waals surface area contributed by atoms with Crippen LogP contribution >= 0.6 is 0 Å². The van der Waals surface area contributed by atoms with Crippen molar-refractivity contribution in [2.75, 3.05) is 26.3 Å². The van der Waals surface area contributed by atoms with Gasteiger partial charge in [0.15, 0.2) is 5.96 Å². The van der Waals surface area contributed by atoms with Crippen LogP contribution in [0.3, 0.4) is 0 Å². The van der Waals surface area contributed by atoms with Crippen molar-refractivity contribution in [2.45, 2.75) is 134 Å². The summed E-state index contributed by atoms with van der Waals surface area (Å²) in [5.74, 6) is -9.23. The Hall–Kier alpha value is -4.95. The van der Waals surface area contributed by atoms with E-state index in [0.717, 1.165) is 0 Å². The summed E-state index contributed by atoms with van der Waals surface area (Å²) in [5, 5.41) is 65.0. The number of carboxylic acid groups (broad SMARTS) is 1. The molecule has 0 aromatic carbocycles. The fourth-order valence-electron chi connectivity index (χ4n) is 5.48. The zero-order valence-corrected chi connectivity index (χ0v) is 37.2. The lowest BCUT2D eigenvalue weighted by molar-refractivity contribution is -0.143. The average Bonchev–Trinajstić information content (AvgIpc) is 3.17. The van der Waals surface area contributed by atoms with Crippen LogP contribution < -0.4 is 54.4 Å². The summed E-state index contributed by atoms with van der Waals surface area (Å²) in [4.78, 5) is 108. The molecule has 350 valence electrons. The van der Waals surface area contributed by atoms with Gasteiger partial charge in [0.1, 0.15) is 42.3 Å². The van der Waals surface area contributed by atoms with Crippen molar-refractivity contribution in [1.82, 2.24) is 37.2 Å². The highest BCUT2D eigenvalue weighted by Crippen LogP contribution is 2.15. The quantitative estimate of drug-likeness (QED) is 0.0151. The number of hydrogen-bond donors (Lipinski definition) is 15. The third-order valence-corrected chi connectivity index (χ3v) is 10.9. The van der Waals surface area contributed by atoms with Gasteiger partial charge in [0.25, 0.3) is 0 Å². The van der Waals surface area contributed by atoms with Gasteiger partial charge >= 0.3 is 5.97 Å². The Morgan fingerprint density at radius 3 is 1.66 bits per heavy atom. The smallest absolute Gasteiger partial charge is 0.328 e. The first-order valence-electron chi connectivity index (χ1n) is 19.9. The number of rotatable bonds is 28. The highest BCUT2D eigenvalue weighted by atomic mass is 28.3. The number of nitrogens with one attached hydrogen (secondary N) is 7. The van der Waals surface area contributed by atoms with Crippen molar-refractivity contribution in [1.29, 1.82) is 0 Å². The maximum Gasteiger partial charge on any atom is 0.328 e. The van der Waals surface area contributed by atoms with E-state index in [4.69, 9.17) is 27.4 Å². The molecule has 0 saturated heterocycles. The van der Waals surface area contributed by atoms with Gasteiger partial charge in [-0.25, -0.2) is 4.79 Å². The van der Waals surface area contributed by atoms with Gasteiger partial charge in [-0.1, -0.05) is 53.8 Å². The van der Waals surface area contributed by atoms with Crippen LogP contribution in [0.25, 0.3) is 0 Å². The molecule has 0 aliphatic heterocycles. The van der Waals surface area contributed by atoms with Crippen LogP contribution in [0.5, 0.6) is 0 Å². The van der Waals surface area contributed by atoms with Crippen molar-refractivity contribution < 1.29 is 63.9 Å². The van der Waals surface area contributed by atoms with Gasteiger partial charge in [0.05, 0.1) is 32.0 Å². The van der Waals surface area contributed by atoms with Crippen LogP contribution in [0.1, 0.15) is 53.9 Å². The van der Waals surface area contributed by atoms with Crippen LogP contribution in [-0.2, 0) is 38.4 Å². The van der Waals surface area contributed by atoms with Gasteiger partial charge in [-0.15, -0.1) is 0 Å². The fraction of sp³-hybridized carbons (Fsp3) is 0.750.